The maximum Gasteiger partial charge on any atom is 0.371 e. The van der Waals surface area contributed by atoms with Crippen molar-refractivity contribution < 1.29 is 14.3 Å². The Kier molecular flexibility index (Phi) is 6.76. The number of para-hydroxylation sites is 2. The van der Waals surface area contributed by atoms with E-state index < -0.39 is 5.97 Å². The molecule has 1 aliphatic carbocycles. The summed E-state index contributed by atoms with van der Waals surface area (Å²) < 4.78 is 7.34. The second-order valence-electron chi connectivity index (χ2n) is 11.0. The first-order chi connectivity index (χ1) is 18.1. The molecule has 0 radical (unpaired) electrons. The smallest absolute Gasteiger partial charge is 0.371 e. The van der Waals surface area contributed by atoms with Gasteiger partial charge in [-0.1, -0.05) is 44.2 Å². The molecule has 2 aliphatic heterocycles. The summed E-state index contributed by atoms with van der Waals surface area (Å²) in [7, 11) is 0. The molecule has 3 aliphatic rings. The van der Waals surface area contributed by atoms with Crippen LogP contribution in [0.15, 0.2) is 45.6 Å². The van der Waals surface area contributed by atoms with E-state index in [9.17, 15) is 9.59 Å². The van der Waals surface area contributed by atoms with Crippen molar-refractivity contribution in [2.24, 2.45) is 0 Å². The Balaban J connectivity index is 1.27. The van der Waals surface area contributed by atoms with Crippen LogP contribution in [0, 0.1) is 0 Å². The van der Waals surface area contributed by atoms with Gasteiger partial charge in [-0.2, -0.15) is 0 Å². The van der Waals surface area contributed by atoms with Crippen LogP contribution in [0.3, 0.4) is 0 Å². The molecule has 2 N–H and O–H groups in total. The van der Waals surface area contributed by atoms with E-state index in [4.69, 9.17) is 9.52 Å². The van der Waals surface area contributed by atoms with Crippen LogP contribution in [0.2, 0.25) is 0 Å². The van der Waals surface area contributed by atoms with Crippen molar-refractivity contribution in [1.29, 1.82) is 0 Å². The van der Waals surface area contributed by atoms with Crippen LogP contribution in [0.4, 0.5) is 5.82 Å². The normalized spacial score (nSPS) is 25.1. The largest absolute Gasteiger partial charge is 0.475 e. The number of piperidine rings is 1. The van der Waals surface area contributed by atoms with Gasteiger partial charge >= 0.3 is 5.97 Å². The monoisotopic (exact) mass is 504 g/mol. The number of hydrogen-bond donors (Lipinski definition) is 2. The molecule has 4 heterocycles. The van der Waals surface area contributed by atoms with Crippen molar-refractivity contribution in [3.63, 3.8) is 0 Å². The second kappa shape index (κ2) is 10.3. The quantitative estimate of drug-likeness (QED) is 0.452. The predicted octanol–water partition coefficient (Wildman–Crippen LogP) is 5.58. The standard InChI is InChI=1S/C29H36N4O4/c34-28-27(30-18-23-14-15-26(37-23)29(35)36)31-24-10-6-7-11-25(24)33(28)22-16-20-12-13-21(17-22)32(20)19-8-4-2-1-3-5-9-19/h6-7,10-11,14-15,19-22H,1-5,8-9,12-13,16-18H2,(H,30,31)(H,35,36). The number of furan rings is 1. The molecule has 1 saturated carbocycles. The molecule has 0 amide bonds. The topological polar surface area (TPSA) is 101 Å². The summed E-state index contributed by atoms with van der Waals surface area (Å²) in [5.74, 6) is -0.504. The number of carbonyl (C=O) groups is 1. The molecule has 6 rings (SSSR count). The summed E-state index contributed by atoms with van der Waals surface area (Å²) in [6.07, 6.45) is 13.9. The molecule has 2 atom stereocenters. The fourth-order valence-electron chi connectivity index (χ4n) is 7.11. The minimum atomic E-state index is -1.11. The molecule has 2 bridgehead atoms. The summed E-state index contributed by atoms with van der Waals surface area (Å²) in [4.78, 5) is 32.4. The number of rotatable bonds is 6. The summed E-state index contributed by atoms with van der Waals surface area (Å²) in [5.41, 5.74) is 1.55. The van der Waals surface area contributed by atoms with E-state index in [1.54, 1.807) is 6.07 Å². The lowest BCUT2D eigenvalue weighted by atomic mass is 9.89. The highest BCUT2D eigenvalue weighted by molar-refractivity contribution is 5.84. The van der Waals surface area contributed by atoms with Crippen molar-refractivity contribution in [1.82, 2.24) is 14.5 Å². The van der Waals surface area contributed by atoms with Gasteiger partial charge in [0.05, 0.1) is 17.6 Å². The highest BCUT2D eigenvalue weighted by atomic mass is 16.4. The summed E-state index contributed by atoms with van der Waals surface area (Å²) >= 11 is 0. The van der Waals surface area contributed by atoms with Crippen LogP contribution in [-0.4, -0.2) is 43.7 Å². The maximum absolute atomic E-state index is 13.8. The van der Waals surface area contributed by atoms with Gasteiger partial charge in [-0.25, -0.2) is 9.78 Å². The van der Waals surface area contributed by atoms with Gasteiger partial charge in [-0.15, -0.1) is 0 Å². The van der Waals surface area contributed by atoms with E-state index in [1.807, 2.05) is 28.8 Å². The Labute approximate surface area is 216 Å². The van der Waals surface area contributed by atoms with Gasteiger partial charge < -0.3 is 19.4 Å². The number of carboxylic acids is 1. The average molecular weight is 505 g/mol. The fourth-order valence-corrected chi connectivity index (χ4v) is 7.11. The lowest BCUT2D eigenvalue weighted by Crippen LogP contribution is -2.50. The van der Waals surface area contributed by atoms with E-state index in [0.717, 1.165) is 23.9 Å². The second-order valence-corrected chi connectivity index (χ2v) is 11.0. The number of anilines is 1. The number of fused-ring (bicyclic) bond motifs is 3. The average Bonchev–Trinajstić information content (AvgIpc) is 3.45. The Morgan fingerprint density at radius 1 is 0.919 bits per heavy atom. The van der Waals surface area contributed by atoms with Gasteiger partial charge in [0.25, 0.3) is 5.56 Å². The first-order valence-electron chi connectivity index (χ1n) is 13.9. The van der Waals surface area contributed by atoms with Crippen molar-refractivity contribution in [2.75, 3.05) is 5.32 Å². The Morgan fingerprint density at radius 2 is 1.62 bits per heavy atom. The van der Waals surface area contributed by atoms with Gasteiger partial charge in [-0.05, 0) is 62.8 Å². The lowest BCUT2D eigenvalue weighted by molar-refractivity contribution is 0.0498. The molecule has 196 valence electrons. The molecule has 8 heteroatoms. The minimum absolute atomic E-state index is 0.118. The molecule has 2 saturated heterocycles. The number of aromatic nitrogens is 2. The lowest BCUT2D eigenvalue weighted by Gasteiger charge is -2.45. The predicted molar refractivity (Wildman–Crippen MR) is 142 cm³/mol. The number of nitrogens with zero attached hydrogens (tertiary/aromatic N) is 3. The summed E-state index contributed by atoms with van der Waals surface area (Å²) in [5, 5.41) is 12.2. The van der Waals surface area contributed by atoms with Crippen molar-refractivity contribution in [3.8, 4) is 0 Å². The van der Waals surface area contributed by atoms with Crippen LogP contribution >= 0.6 is 0 Å². The first-order valence-corrected chi connectivity index (χ1v) is 13.9. The third-order valence-electron chi connectivity index (χ3n) is 8.72. The molecule has 0 spiro atoms. The molecule has 8 nitrogen and oxygen atoms in total. The van der Waals surface area contributed by atoms with Crippen LogP contribution in [-0.2, 0) is 6.54 Å². The number of benzene rings is 1. The molecule has 3 aromatic rings. The first kappa shape index (κ1) is 24.2. The van der Waals surface area contributed by atoms with Gasteiger partial charge in [0.15, 0.2) is 5.82 Å². The Bertz CT molecular complexity index is 1310. The van der Waals surface area contributed by atoms with E-state index in [2.05, 4.69) is 15.2 Å². The zero-order chi connectivity index (χ0) is 25.4. The SMILES string of the molecule is O=C(O)c1ccc(CNc2nc3ccccc3n(C3CC4CCC(C3)N4C3CCCCCCC3)c2=O)o1. The fraction of sp³-hybridized carbons (Fsp3) is 0.552. The molecule has 1 aromatic carbocycles. The Morgan fingerprint density at radius 3 is 2.32 bits per heavy atom. The zero-order valence-electron chi connectivity index (χ0n) is 21.3. The van der Waals surface area contributed by atoms with E-state index in [0.29, 0.717) is 23.9 Å². The molecule has 37 heavy (non-hydrogen) atoms. The van der Waals surface area contributed by atoms with Crippen LogP contribution < -0.4 is 10.9 Å². The van der Waals surface area contributed by atoms with E-state index in [-0.39, 0.29) is 29.7 Å². The maximum atomic E-state index is 13.8. The summed E-state index contributed by atoms with van der Waals surface area (Å²) in [6, 6.07) is 12.8. The van der Waals surface area contributed by atoms with Gasteiger partial charge in [-0.3, -0.25) is 9.69 Å². The Hall–Kier alpha value is -3.13. The van der Waals surface area contributed by atoms with Crippen LogP contribution in [0.25, 0.3) is 11.0 Å². The van der Waals surface area contributed by atoms with Gasteiger partial charge in [0.1, 0.15) is 5.76 Å². The highest BCUT2D eigenvalue weighted by Crippen LogP contribution is 2.44. The molecule has 2 unspecified atom stereocenters. The number of nitrogens with one attached hydrogen (secondary N) is 1. The van der Waals surface area contributed by atoms with Crippen LogP contribution in [0.5, 0.6) is 0 Å². The molecular formula is C29H36N4O4. The van der Waals surface area contributed by atoms with Crippen LogP contribution in [0.1, 0.15) is 93.0 Å². The molecule has 2 aromatic heterocycles. The third-order valence-corrected chi connectivity index (χ3v) is 8.72. The molecular weight excluding hydrogens is 468 g/mol. The summed E-state index contributed by atoms with van der Waals surface area (Å²) in [6.45, 7) is 0.194. The van der Waals surface area contributed by atoms with Gasteiger partial charge in [0.2, 0.25) is 5.76 Å². The van der Waals surface area contributed by atoms with E-state index >= 15 is 0 Å². The molecule has 3 fully saturated rings. The highest BCUT2D eigenvalue weighted by Gasteiger charge is 2.44. The van der Waals surface area contributed by atoms with E-state index in [1.165, 1.54) is 63.9 Å². The number of aromatic carboxylic acids is 1. The van der Waals surface area contributed by atoms with Crippen molar-refractivity contribution >= 4 is 22.8 Å². The third kappa shape index (κ3) is 4.79. The van der Waals surface area contributed by atoms with Crippen molar-refractivity contribution in [3.05, 3.63) is 58.3 Å². The number of hydrogen-bond acceptors (Lipinski definition) is 6. The minimum Gasteiger partial charge on any atom is -0.475 e. The van der Waals surface area contributed by atoms with Gasteiger partial charge in [0, 0.05) is 24.2 Å². The number of carboxylic acid groups (broad SMARTS) is 1. The van der Waals surface area contributed by atoms with Crippen molar-refractivity contribution in [2.45, 2.75) is 101 Å². The zero-order valence-corrected chi connectivity index (χ0v) is 21.3.